The van der Waals surface area contributed by atoms with Gasteiger partial charge < -0.3 is 10.1 Å². The fourth-order valence-electron chi connectivity index (χ4n) is 2.71. The molecular formula is C21H18Cl2N2O4S2. The number of hydrogen-bond donors (Lipinski definition) is 2. The number of carbonyl (C=O) groups excluding carboxylic acids is 1. The van der Waals surface area contributed by atoms with Crippen molar-refractivity contribution in [2.45, 2.75) is 9.79 Å². The summed E-state index contributed by atoms with van der Waals surface area (Å²) in [5.74, 6) is -0.353. The van der Waals surface area contributed by atoms with Gasteiger partial charge in [-0.05, 0) is 54.8 Å². The van der Waals surface area contributed by atoms with Crippen molar-refractivity contribution in [2.24, 2.45) is 0 Å². The van der Waals surface area contributed by atoms with Crippen LogP contribution in [0, 0.1) is 0 Å². The normalized spacial score (nSPS) is 11.1. The molecular weight excluding hydrogens is 479 g/mol. The highest BCUT2D eigenvalue weighted by Gasteiger charge is 2.22. The van der Waals surface area contributed by atoms with E-state index < -0.39 is 15.9 Å². The van der Waals surface area contributed by atoms with Gasteiger partial charge in [0.2, 0.25) is 0 Å². The van der Waals surface area contributed by atoms with Crippen molar-refractivity contribution in [3.05, 3.63) is 76.3 Å². The number of benzene rings is 3. The molecule has 0 aliphatic heterocycles. The number of halogens is 2. The molecule has 0 bridgehead atoms. The van der Waals surface area contributed by atoms with Gasteiger partial charge in [-0.2, -0.15) is 0 Å². The first-order valence-electron chi connectivity index (χ1n) is 8.85. The number of rotatable bonds is 7. The van der Waals surface area contributed by atoms with Crippen LogP contribution < -0.4 is 14.8 Å². The van der Waals surface area contributed by atoms with Crippen LogP contribution in [0.25, 0.3) is 0 Å². The zero-order chi connectivity index (χ0) is 22.6. The average Bonchev–Trinajstić information content (AvgIpc) is 2.75. The van der Waals surface area contributed by atoms with E-state index in [0.29, 0.717) is 0 Å². The molecule has 0 aromatic heterocycles. The molecule has 31 heavy (non-hydrogen) atoms. The third kappa shape index (κ3) is 5.46. The standard InChI is InChI=1S/C21H18Cl2N2O4S2/c1-29-19-10-7-13(24-21(26)15-12-14(30-2)8-9-16(15)22)11-20(19)31(27,28)25-18-6-4-3-5-17(18)23/h3-12,25H,1-2H3,(H,24,26). The number of carbonyl (C=O) groups is 1. The van der Waals surface area contributed by atoms with Gasteiger partial charge in [0.15, 0.2) is 0 Å². The van der Waals surface area contributed by atoms with E-state index in [2.05, 4.69) is 10.0 Å². The molecule has 1 amide bonds. The van der Waals surface area contributed by atoms with Gasteiger partial charge in [-0.15, -0.1) is 11.8 Å². The lowest BCUT2D eigenvalue weighted by Gasteiger charge is -2.14. The van der Waals surface area contributed by atoms with Crippen molar-refractivity contribution in [1.82, 2.24) is 0 Å². The number of amides is 1. The maximum Gasteiger partial charge on any atom is 0.265 e. The Morgan fingerprint density at radius 1 is 1.00 bits per heavy atom. The van der Waals surface area contributed by atoms with E-state index in [0.717, 1.165) is 4.90 Å². The summed E-state index contributed by atoms with van der Waals surface area (Å²) in [6, 6.07) is 15.9. The number of sulfonamides is 1. The summed E-state index contributed by atoms with van der Waals surface area (Å²) < 4.78 is 33.6. The van der Waals surface area contributed by atoms with Gasteiger partial charge in [0.25, 0.3) is 15.9 Å². The van der Waals surface area contributed by atoms with Gasteiger partial charge in [-0.1, -0.05) is 35.3 Å². The third-order valence-electron chi connectivity index (χ3n) is 4.25. The quantitative estimate of drug-likeness (QED) is 0.405. The van der Waals surface area contributed by atoms with Crippen LogP contribution >= 0.6 is 35.0 Å². The van der Waals surface area contributed by atoms with E-state index in [-0.39, 0.29) is 37.6 Å². The van der Waals surface area contributed by atoms with Crippen molar-refractivity contribution >= 4 is 62.3 Å². The number of methoxy groups -OCH3 is 1. The Balaban J connectivity index is 1.94. The van der Waals surface area contributed by atoms with Gasteiger partial charge in [-0.3, -0.25) is 9.52 Å². The second-order valence-corrected chi connectivity index (χ2v) is 9.60. The summed E-state index contributed by atoms with van der Waals surface area (Å²) in [6.07, 6.45) is 1.89. The Labute approximate surface area is 195 Å². The first-order valence-corrected chi connectivity index (χ1v) is 12.3. The molecule has 0 radical (unpaired) electrons. The Hall–Kier alpha value is -2.39. The molecule has 162 valence electrons. The number of anilines is 2. The molecule has 0 saturated carbocycles. The Bertz CT molecular complexity index is 1230. The maximum atomic E-state index is 13.0. The Kier molecular flexibility index (Phi) is 7.38. The van der Waals surface area contributed by atoms with E-state index >= 15 is 0 Å². The highest BCUT2D eigenvalue weighted by Crippen LogP contribution is 2.31. The van der Waals surface area contributed by atoms with Crippen LogP contribution in [0.1, 0.15) is 10.4 Å². The van der Waals surface area contributed by atoms with Crippen molar-refractivity contribution in [3.8, 4) is 5.75 Å². The molecule has 0 atom stereocenters. The Morgan fingerprint density at radius 3 is 2.42 bits per heavy atom. The number of para-hydroxylation sites is 1. The second kappa shape index (κ2) is 9.82. The summed E-state index contributed by atoms with van der Waals surface area (Å²) in [4.78, 5) is 13.5. The number of hydrogen-bond acceptors (Lipinski definition) is 5. The van der Waals surface area contributed by atoms with E-state index in [4.69, 9.17) is 27.9 Å². The topological polar surface area (TPSA) is 84.5 Å². The molecule has 0 spiro atoms. The number of thioether (sulfide) groups is 1. The molecule has 0 unspecified atom stereocenters. The van der Waals surface area contributed by atoms with Crippen LogP contribution in [0.4, 0.5) is 11.4 Å². The van der Waals surface area contributed by atoms with E-state index in [1.165, 1.54) is 37.1 Å². The first kappa shape index (κ1) is 23.3. The van der Waals surface area contributed by atoms with Crippen molar-refractivity contribution in [3.63, 3.8) is 0 Å². The lowest BCUT2D eigenvalue weighted by atomic mass is 10.2. The molecule has 2 N–H and O–H groups in total. The van der Waals surface area contributed by atoms with Crippen molar-refractivity contribution in [1.29, 1.82) is 0 Å². The molecule has 6 nitrogen and oxygen atoms in total. The zero-order valence-electron chi connectivity index (χ0n) is 16.5. The Morgan fingerprint density at radius 2 is 1.74 bits per heavy atom. The van der Waals surface area contributed by atoms with Crippen LogP contribution in [0.2, 0.25) is 10.0 Å². The molecule has 10 heteroatoms. The van der Waals surface area contributed by atoms with Crippen LogP contribution in [0.5, 0.6) is 5.75 Å². The van der Waals surface area contributed by atoms with Crippen LogP contribution in [-0.2, 0) is 10.0 Å². The molecule has 0 fully saturated rings. The van der Waals surface area contributed by atoms with Gasteiger partial charge in [0.1, 0.15) is 10.6 Å². The molecule has 0 heterocycles. The van der Waals surface area contributed by atoms with Gasteiger partial charge in [0.05, 0.1) is 28.4 Å². The van der Waals surface area contributed by atoms with E-state index in [1.807, 2.05) is 12.3 Å². The van der Waals surface area contributed by atoms with E-state index in [9.17, 15) is 13.2 Å². The largest absolute Gasteiger partial charge is 0.495 e. The molecule has 0 aliphatic rings. The third-order valence-corrected chi connectivity index (χ3v) is 7.02. The van der Waals surface area contributed by atoms with Gasteiger partial charge in [0, 0.05) is 10.6 Å². The average molecular weight is 497 g/mol. The first-order chi connectivity index (χ1) is 14.7. The second-order valence-electron chi connectivity index (χ2n) is 6.25. The minimum absolute atomic E-state index is 0.111. The lowest BCUT2D eigenvalue weighted by Crippen LogP contribution is -2.16. The molecule has 3 aromatic carbocycles. The summed E-state index contributed by atoms with van der Waals surface area (Å²) >= 11 is 13.7. The number of nitrogens with one attached hydrogen (secondary N) is 2. The number of ether oxygens (including phenoxy) is 1. The van der Waals surface area contributed by atoms with Crippen LogP contribution in [0.15, 0.2) is 70.5 Å². The van der Waals surface area contributed by atoms with Gasteiger partial charge >= 0.3 is 0 Å². The fourth-order valence-corrected chi connectivity index (χ4v) is 4.87. The summed E-state index contributed by atoms with van der Waals surface area (Å²) in [5, 5.41) is 3.22. The minimum atomic E-state index is -4.06. The smallest absolute Gasteiger partial charge is 0.265 e. The summed E-state index contributed by atoms with van der Waals surface area (Å²) in [7, 11) is -2.70. The highest BCUT2D eigenvalue weighted by atomic mass is 35.5. The van der Waals surface area contributed by atoms with Crippen LogP contribution in [-0.4, -0.2) is 27.7 Å². The molecule has 3 aromatic rings. The van der Waals surface area contributed by atoms with Crippen molar-refractivity contribution in [2.75, 3.05) is 23.4 Å². The molecule has 3 rings (SSSR count). The van der Waals surface area contributed by atoms with Crippen molar-refractivity contribution < 1.29 is 17.9 Å². The van der Waals surface area contributed by atoms with Crippen LogP contribution in [0.3, 0.4) is 0 Å². The van der Waals surface area contributed by atoms with Gasteiger partial charge in [-0.25, -0.2) is 8.42 Å². The lowest BCUT2D eigenvalue weighted by molar-refractivity contribution is 0.102. The van der Waals surface area contributed by atoms with E-state index in [1.54, 1.807) is 36.4 Å². The zero-order valence-corrected chi connectivity index (χ0v) is 19.6. The maximum absolute atomic E-state index is 13.0. The highest BCUT2D eigenvalue weighted by molar-refractivity contribution is 7.98. The minimum Gasteiger partial charge on any atom is -0.495 e. The predicted molar refractivity (Wildman–Crippen MR) is 126 cm³/mol. The SMILES string of the molecule is COc1ccc(NC(=O)c2cc(SC)ccc2Cl)cc1S(=O)(=O)Nc1ccccc1Cl. The molecule has 0 saturated heterocycles. The summed E-state index contributed by atoms with van der Waals surface area (Å²) in [5.41, 5.74) is 0.764. The molecule has 0 aliphatic carbocycles. The fraction of sp³-hybridized carbons (Fsp3) is 0.0952. The summed E-state index contributed by atoms with van der Waals surface area (Å²) in [6.45, 7) is 0. The monoisotopic (exact) mass is 496 g/mol. The predicted octanol–water partition coefficient (Wildman–Crippen LogP) is 5.78.